The number of fused-ring (bicyclic) bond motifs is 1. The lowest BCUT2D eigenvalue weighted by Gasteiger charge is -2.32. The van der Waals surface area contributed by atoms with E-state index in [1.807, 2.05) is 0 Å². The van der Waals surface area contributed by atoms with Gasteiger partial charge in [0.1, 0.15) is 0 Å². The highest BCUT2D eigenvalue weighted by molar-refractivity contribution is 5.77. The normalized spacial score (nSPS) is 23.4. The van der Waals surface area contributed by atoms with E-state index in [1.165, 1.54) is 55.5 Å². The van der Waals surface area contributed by atoms with Crippen molar-refractivity contribution in [1.29, 1.82) is 0 Å². The summed E-state index contributed by atoms with van der Waals surface area (Å²) in [7, 11) is 0. The first-order valence-corrected chi connectivity index (χ1v) is 11.4. The molecule has 1 amide bonds. The monoisotopic (exact) mass is 386 g/mol. The lowest BCUT2D eigenvalue weighted by Crippen LogP contribution is -2.40. The Morgan fingerprint density at radius 1 is 0.929 bits per heavy atom. The van der Waals surface area contributed by atoms with E-state index in [0.717, 1.165) is 38.3 Å². The quantitative estimate of drug-likeness (QED) is 0.482. The van der Waals surface area contributed by atoms with Gasteiger partial charge in [-0.15, -0.1) is 0 Å². The lowest BCUT2D eigenvalue weighted by atomic mass is 9.93. The molecule has 2 saturated heterocycles. The number of nitrogens with zero attached hydrogens (tertiary/aromatic N) is 1. The van der Waals surface area contributed by atoms with Gasteiger partial charge in [-0.1, -0.05) is 41.4 Å². The van der Waals surface area contributed by atoms with Crippen LogP contribution in [0.1, 0.15) is 85.5 Å². The van der Waals surface area contributed by atoms with Crippen LogP contribution in [0.5, 0.6) is 0 Å². The first-order chi connectivity index (χ1) is 13.5. The van der Waals surface area contributed by atoms with Gasteiger partial charge in [-0.2, -0.15) is 0 Å². The molecule has 2 rings (SSSR count). The predicted octanol–water partition coefficient (Wildman–Crippen LogP) is 5.79. The van der Waals surface area contributed by atoms with Crippen LogP contribution < -0.4 is 5.32 Å². The van der Waals surface area contributed by atoms with Crippen molar-refractivity contribution in [3.05, 3.63) is 34.9 Å². The van der Waals surface area contributed by atoms with E-state index in [0.29, 0.717) is 12.3 Å². The minimum absolute atomic E-state index is 0.182. The van der Waals surface area contributed by atoms with E-state index in [1.54, 1.807) is 0 Å². The Kier molecular flexibility index (Phi) is 10.0. The third-order valence-electron chi connectivity index (χ3n) is 6.32. The zero-order valence-corrected chi connectivity index (χ0v) is 18.7. The molecule has 2 aliphatic rings. The first kappa shape index (κ1) is 22.9. The molecule has 3 heteroatoms. The van der Waals surface area contributed by atoms with Gasteiger partial charge in [-0.3, -0.25) is 4.79 Å². The van der Waals surface area contributed by atoms with E-state index in [-0.39, 0.29) is 5.91 Å². The summed E-state index contributed by atoms with van der Waals surface area (Å²) in [5, 5.41) is 3.19. The van der Waals surface area contributed by atoms with Crippen LogP contribution in [-0.2, 0) is 4.79 Å². The zero-order valence-electron chi connectivity index (χ0n) is 18.7. The van der Waals surface area contributed by atoms with Crippen molar-refractivity contribution >= 4 is 5.91 Å². The number of carbonyl (C=O) groups is 1. The van der Waals surface area contributed by atoms with Crippen molar-refractivity contribution in [2.24, 2.45) is 5.92 Å². The van der Waals surface area contributed by atoms with E-state index in [2.05, 4.69) is 56.1 Å². The van der Waals surface area contributed by atoms with Gasteiger partial charge in [0.2, 0.25) is 5.91 Å². The van der Waals surface area contributed by atoms with Crippen LogP contribution in [0, 0.1) is 5.92 Å². The molecule has 0 saturated carbocycles. The Labute approximate surface area is 173 Å². The summed E-state index contributed by atoms with van der Waals surface area (Å²) < 4.78 is 0. The second-order valence-corrected chi connectivity index (χ2v) is 9.12. The topological polar surface area (TPSA) is 32.3 Å². The molecule has 28 heavy (non-hydrogen) atoms. The molecule has 0 aromatic carbocycles. The summed E-state index contributed by atoms with van der Waals surface area (Å²) in [6, 6.07) is 0.720. The summed E-state index contributed by atoms with van der Waals surface area (Å²) in [5.74, 6) is 0.843. The van der Waals surface area contributed by atoms with Crippen LogP contribution in [-0.4, -0.2) is 36.5 Å². The number of piperidine rings is 1. The molecule has 0 spiro atoms. The Morgan fingerprint density at radius 2 is 1.64 bits per heavy atom. The summed E-state index contributed by atoms with van der Waals surface area (Å²) in [6.45, 7) is 12.0. The average Bonchev–Trinajstić information content (AvgIpc) is 3.07. The van der Waals surface area contributed by atoms with Crippen molar-refractivity contribution in [2.45, 2.75) is 91.5 Å². The zero-order chi connectivity index (χ0) is 20.4. The van der Waals surface area contributed by atoms with Gasteiger partial charge in [-0.05, 0) is 91.6 Å². The highest BCUT2D eigenvalue weighted by Crippen LogP contribution is 2.31. The molecule has 0 aliphatic carbocycles. The van der Waals surface area contributed by atoms with Crippen LogP contribution in [0.4, 0.5) is 0 Å². The van der Waals surface area contributed by atoms with E-state index in [9.17, 15) is 4.79 Å². The fourth-order valence-electron chi connectivity index (χ4n) is 4.51. The molecule has 0 bridgehead atoms. The van der Waals surface area contributed by atoms with Gasteiger partial charge in [-0.25, -0.2) is 0 Å². The first-order valence-electron chi connectivity index (χ1n) is 11.4. The Balaban J connectivity index is 1.61. The molecule has 3 nitrogen and oxygen atoms in total. The number of rotatable bonds is 10. The molecule has 2 fully saturated rings. The van der Waals surface area contributed by atoms with E-state index >= 15 is 0 Å². The highest BCUT2D eigenvalue weighted by Gasteiger charge is 2.35. The molecular formula is C25H42N2O. The number of carbonyl (C=O) groups excluding carboxylic acids is 1. The SMILES string of the molecule is CC(C)=CCC/C(C)=C/CC/C(C)=C/CC(=O)NC[C@@H]1CCN2CCCC[C@H]12. The molecule has 0 aromatic rings. The smallest absolute Gasteiger partial charge is 0.223 e. The van der Waals surface area contributed by atoms with Crippen molar-refractivity contribution in [2.75, 3.05) is 19.6 Å². The van der Waals surface area contributed by atoms with Crippen molar-refractivity contribution in [3.8, 4) is 0 Å². The molecule has 1 N–H and O–H groups in total. The summed E-state index contributed by atoms with van der Waals surface area (Å²) in [5.41, 5.74) is 4.19. The number of hydrogen-bond donors (Lipinski definition) is 1. The van der Waals surface area contributed by atoms with Crippen LogP contribution in [0.2, 0.25) is 0 Å². The molecule has 0 radical (unpaired) electrons. The second kappa shape index (κ2) is 12.3. The standard InChI is InChI=1S/C25H42N2O/c1-20(2)9-7-10-21(3)11-8-12-22(4)14-15-25(28)26-19-23-16-18-27-17-6-5-13-24(23)27/h9,11,14,23-24H,5-8,10,12-13,15-19H2,1-4H3,(H,26,28)/b21-11+,22-14+/t23-,24+/m0/s1. The summed E-state index contributed by atoms with van der Waals surface area (Å²) in [4.78, 5) is 14.9. The predicted molar refractivity (Wildman–Crippen MR) is 120 cm³/mol. The van der Waals surface area contributed by atoms with Gasteiger partial charge in [0.25, 0.3) is 0 Å². The summed E-state index contributed by atoms with van der Waals surface area (Å²) >= 11 is 0. The Hall–Kier alpha value is -1.35. The molecule has 2 aliphatic heterocycles. The van der Waals surface area contributed by atoms with Gasteiger partial charge in [0, 0.05) is 19.0 Å². The van der Waals surface area contributed by atoms with Gasteiger partial charge >= 0.3 is 0 Å². The van der Waals surface area contributed by atoms with Crippen molar-refractivity contribution in [1.82, 2.24) is 10.2 Å². The highest BCUT2D eigenvalue weighted by atomic mass is 16.1. The average molecular weight is 387 g/mol. The maximum absolute atomic E-state index is 12.2. The molecule has 158 valence electrons. The fraction of sp³-hybridized carbons (Fsp3) is 0.720. The fourth-order valence-corrected chi connectivity index (χ4v) is 4.51. The van der Waals surface area contributed by atoms with Gasteiger partial charge in [0.15, 0.2) is 0 Å². The van der Waals surface area contributed by atoms with E-state index in [4.69, 9.17) is 0 Å². The Bertz CT molecular complexity index is 583. The molecule has 0 aromatic heterocycles. The van der Waals surface area contributed by atoms with Gasteiger partial charge < -0.3 is 10.2 Å². The van der Waals surface area contributed by atoms with Gasteiger partial charge in [0.05, 0.1) is 0 Å². The number of amides is 1. The maximum Gasteiger partial charge on any atom is 0.223 e. The summed E-state index contributed by atoms with van der Waals surface area (Å²) in [6.07, 6.45) is 17.0. The molecular weight excluding hydrogens is 344 g/mol. The molecule has 0 unspecified atom stereocenters. The third kappa shape index (κ3) is 8.34. The minimum atomic E-state index is 0.182. The van der Waals surface area contributed by atoms with Crippen LogP contribution >= 0.6 is 0 Å². The third-order valence-corrected chi connectivity index (χ3v) is 6.32. The van der Waals surface area contributed by atoms with E-state index < -0.39 is 0 Å². The second-order valence-electron chi connectivity index (χ2n) is 9.12. The minimum Gasteiger partial charge on any atom is -0.355 e. The molecule has 2 atom stereocenters. The van der Waals surface area contributed by atoms with Crippen LogP contribution in [0.15, 0.2) is 34.9 Å². The van der Waals surface area contributed by atoms with Crippen LogP contribution in [0.25, 0.3) is 0 Å². The lowest BCUT2D eigenvalue weighted by molar-refractivity contribution is -0.120. The number of nitrogens with one attached hydrogen (secondary N) is 1. The largest absolute Gasteiger partial charge is 0.355 e. The van der Waals surface area contributed by atoms with Crippen molar-refractivity contribution in [3.63, 3.8) is 0 Å². The maximum atomic E-state index is 12.2. The number of allylic oxidation sites excluding steroid dienone is 5. The molecule has 2 heterocycles. The van der Waals surface area contributed by atoms with Crippen LogP contribution in [0.3, 0.4) is 0 Å². The Morgan fingerprint density at radius 3 is 2.39 bits per heavy atom. The number of hydrogen-bond acceptors (Lipinski definition) is 2. The van der Waals surface area contributed by atoms with Crippen molar-refractivity contribution < 1.29 is 4.79 Å².